The topological polar surface area (TPSA) is 59.8 Å². The Balaban J connectivity index is 1.48. The summed E-state index contributed by atoms with van der Waals surface area (Å²) in [6.07, 6.45) is 2.57. The van der Waals surface area contributed by atoms with E-state index in [2.05, 4.69) is 15.6 Å². The van der Waals surface area contributed by atoms with Crippen LogP contribution in [-0.2, 0) is 17.8 Å². The molecule has 0 unspecified atom stereocenters. The molecule has 0 radical (unpaired) electrons. The van der Waals surface area contributed by atoms with Crippen molar-refractivity contribution in [3.63, 3.8) is 0 Å². The Hall–Kier alpha value is -2.25. The minimum atomic E-state index is -0.460. The van der Waals surface area contributed by atoms with E-state index in [1.54, 1.807) is 28.3 Å². The number of carbonyl (C=O) groups is 1. The van der Waals surface area contributed by atoms with Crippen molar-refractivity contribution in [2.75, 3.05) is 0 Å². The second kappa shape index (κ2) is 7.55. The third-order valence-corrected chi connectivity index (χ3v) is 4.36. The van der Waals surface area contributed by atoms with Gasteiger partial charge in [0.15, 0.2) is 0 Å². The van der Waals surface area contributed by atoms with Gasteiger partial charge in [0, 0.05) is 11.8 Å². The molecule has 0 spiro atoms. The summed E-state index contributed by atoms with van der Waals surface area (Å²) in [5.41, 5.74) is 2.44. The Labute approximate surface area is 147 Å². The second-order valence-electron chi connectivity index (χ2n) is 5.16. The highest BCUT2D eigenvalue weighted by molar-refractivity contribution is 7.08. The van der Waals surface area contributed by atoms with E-state index in [1.165, 1.54) is 12.1 Å². The molecule has 1 aromatic carbocycles. The van der Waals surface area contributed by atoms with Gasteiger partial charge in [-0.25, -0.2) is 9.07 Å². The molecule has 24 heavy (non-hydrogen) atoms. The molecule has 0 aliphatic heterocycles. The van der Waals surface area contributed by atoms with Crippen molar-refractivity contribution in [3.05, 3.63) is 63.3 Å². The van der Waals surface area contributed by atoms with Gasteiger partial charge < -0.3 is 5.32 Å². The van der Waals surface area contributed by atoms with E-state index in [0.29, 0.717) is 25.1 Å². The average molecular weight is 365 g/mol. The molecule has 5 nitrogen and oxygen atoms in total. The third-order valence-electron chi connectivity index (χ3n) is 3.40. The van der Waals surface area contributed by atoms with Gasteiger partial charge in [-0.2, -0.15) is 11.3 Å². The number of halogens is 2. The van der Waals surface area contributed by atoms with Crippen molar-refractivity contribution in [3.8, 4) is 5.69 Å². The molecule has 1 N–H and O–H groups in total. The monoisotopic (exact) mass is 364 g/mol. The van der Waals surface area contributed by atoms with Gasteiger partial charge >= 0.3 is 0 Å². The van der Waals surface area contributed by atoms with Crippen molar-refractivity contribution in [1.29, 1.82) is 0 Å². The number of aryl methyl sites for hydroxylation is 1. The maximum atomic E-state index is 13.1. The molecular formula is C16H14ClFN4OS. The van der Waals surface area contributed by atoms with Crippen molar-refractivity contribution < 1.29 is 9.18 Å². The summed E-state index contributed by atoms with van der Waals surface area (Å²) in [5, 5.41) is 14.8. The van der Waals surface area contributed by atoms with Crippen LogP contribution in [0.2, 0.25) is 5.02 Å². The molecular weight excluding hydrogens is 351 g/mol. The number of aromatic nitrogens is 3. The van der Waals surface area contributed by atoms with Gasteiger partial charge in [-0.15, -0.1) is 5.10 Å². The Morgan fingerprint density at radius 3 is 3.00 bits per heavy atom. The zero-order valence-corrected chi connectivity index (χ0v) is 14.1. The van der Waals surface area contributed by atoms with Crippen molar-refractivity contribution in [2.45, 2.75) is 19.4 Å². The molecule has 0 saturated heterocycles. The van der Waals surface area contributed by atoms with Gasteiger partial charge in [0.1, 0.15) is 11.5 Å². The van der Waals surface area contributed by atoms with E-state index < -0.39 is 5.82 Å². The van der Waals surface area contributed by atoms with Crippen LogP contribution >= 0.6 is 22.9 Å². The fourth-order valence-electron chi connectivity index (χ4n) is 2.12. The molecule has 0 fully saturated rings. The van der Waals surface area contributed by atoms with Crippen LogP contribution < -0.4 is 5.32 Å². The number of carbonyl (C=O) groups excluding carboxylic acids is 1. The number of hydrogen-bond donors (Lipinski definition) is 1. The molecule has 2 heterocycles. The predicted octanol–water partition coefficient (Wildman–Crippen LogP) is 3.37. The first-order valence-electron chi connectivity index (χ1n) is 7.26. The molecule has 3 aromatic rings. The van der Waals surface area contributed by atoms with E-state index >= 15 is 0 Å². The average Bonchev–Trinajstić information content (AvgIpc) is 3.25. The summed E-state index contributed by atoms with van der Waals surface area (Å²) in [4.78, 5) is 11.9. The number of nitrogens with zero attached hydrogens (tertiary/aromatic N) is 3. The fraction of sp³-hybridized carbons (Fsp3) is 0.188. The molecule has 124 valence electrons. The quantitative estimate of drug-likeness (QED) is 0.729. The van der Waals surface area contributed by atoms with Crippen LogP contribution in [0.5, 0.6) is 0 Å². The largest absolute Gasteiger partial charge is 0.350 e. The summed E-state index contributed by atoms with van der Waals surface area (Å²) in [6, 6.07) is 6.41. The Morgan fingerprint density at radius 1 is 1.38 bits per heavy atom. The Bertz CT molecular complexity index is 834. The normalized spacial score (nSPS) is 10.8. The lowest BCUT2D eigenvalue weighted by Crippen LogP contribution is -2.23. The first kappa shape index (κ1) is 16.6. The maximum Gasteiger partial charge on any atom is 0.220 e. The van der Waals surface area contributed by atoms with Crippen LogP contribution in [0.15, 0.2) is 41.2 Å². The molecule has 0 bridgehead atoms. The highest BCUT2D eigenvalue weighted by Gasteiger charge is 2.07. The summed E-state index contributed by atoms with van der Waals surface area (Å²) in [6.45, 7) is 0.313. The van der Waals surface area contributed by atoms with E-state index in [9.17, 15) is 9.18 Å². The highest BCUT2D eigenvalue weighted by Crippen LogP contribution is 2.17. The van der Waals surface area contributed by atoms with E-state index in [4.69, 9.17) is 11.6 Å². The maximum absolute atomic E-state index is 13.1. The fourth-order valence-corrected chi connectivity index (χ4v) is 2.95. The number of thiophene rings is 1. The zero-order valence-electron chi connectivity index (χ0n) is 12.6. The summed E-state index contributed by atoms with van der Waals surface area (Å²) in [5.74, 6) is -0.570. The smallest absolute Gasteiger partial charge is 0.220 e. The molecule has 8 heteroatoms. The molecule has 0 saturated carbocycles. The molecule has 0 atom stereocenters. The van der Waals surface area contributed by atoms with Crippen LogP contribution in [0.3, 0.4) is 0 Å². The number of benzene rings is 1. The van der Waals surface area contributed by atoms with Crippen LogP contribution in [0.25, 0.3) is 5.69 Å². The molecule has 1 amide bonds. The van der Waals surface area contributed by atoms with Gasteiger partial charge in [-0.05, 0) is 35.6 Å². The first-order valence-corrected chi connectivity index (χ1v) is 8.58. The van der Waals surface area contributed by atoms with E-state index in [0.717, 1.165) is 11.3 Å². The van der Waals surface area contributed by atoms with Gasteiger partial charge in [0.2, 0.25) is 5.91 Å². The third kappa shape index (κ3) is 4.18. The van der Waals surface area contributed by atoms with Crippen LogP contribution in [0, 0.1) is 5.82 Å². The summed E-state index contributed by atoms with van der Waals surface area (Å²) in [7, 11) is 0. The molecule has 0 aliphatic rings. The van der Waals surface area contributed by atoms with E-state index in [-0.39, 0.29) is 10.9 Å². The summed E-state index contributed by atoms with van der Waals surface area (Å²) >= 11 is 7.30. The van der Waals surface area contributed by atoms with Crippen molar-refractivity contribution in [2.24, 2.45) is 0 Å². The van der Waals surface area contributed by atoms with Gasteiger partial charge in [0.25, 0.3) is 0 Å². The van der Waals surface area contributed by atoms with Gasteiger partial charge in [-0.1, -0.05) is 22.9 Å². The number of rotatable bonds is 6. The standard InChI is InChI=1S/C16H14ClFN4OS/c17-14-7-11(1-3-15(14)18)2-4-16(23)19-8-12-9-22(21-20-12)13-5-6-24-10-13/h1,3,5-7,9-10H,2,4,8H2,(H,19,23). The van der Waals surface area contributed by atoms with Gasteiger partial charge in [0.05, 0.1) is 23.5 Å². The molecule has 0 aliphatic carbocycles. The minimum absolute atomic E-state index is 0.0675. The lowest BCUT2D eigenvalue weighted by molar-refractivity contribution is -0.121. The van der Waals surface area contributed by atoms with Crippen molar-refractivity contribution >= 4 is 28.8 Å². The molecule has 2 aromatic heterocycles. The Morgan fingerprint density at radius 2 is 2.25 bits per heavy atom. The minimum Gasteiger partial charge on any atom is -0.350 e. The predicted molar refractivity (Wildman–Crippen MR) is 90.8 cm³/mol. The second-order valence-corrected chi connectivity index (χ2v) is 6.35. The Kier molecular flexibility index (Phi) is 5.22. The zero-order chi connectivity index (χ0) is 16.9. The summed E-state index contributed by atoms with van der Waals surface area (Å²) < 4.78 is 14.7. The van der Waals surface area contributed by atoms with Crippen LogP contribution in [0.1, 0.15) is 17.7 Å². The van der Waals surface area contributed by atoms with Crippen molar-refractivity contribution in [1.82, 2.24) is 20.3 Å². The lowest BCUT2D eigenvalue weighted by atomic mass is 10.1. The number of hydrogen-bond acceptors (Lipinski definition) is 4. The number of nitrogens with one attached hydrogen (secondary N) is 1. The first-order chi connectivity index (χ1) is 11.6. The van der Waals surface area contributed by atoms with Crippen LogP contribution in [0.4, 0.5) is 4.39 Å². The van der Waals surface area contributed by atoms with Gasteiger partial charge in [-0.3, -0.25) is 4.79 Å². The molecule has 3 rings (SSSR count). The van der Waals surface area contributed by atoms with Crippen LogP contribution in [-0.4, -0.2) is 20.9 Å². The highest BCUT2D eigenvalue weighted by atomic mass is 35.5. The number of amides is 1. The lowest BCUT2D eigenvalue weighted by Gasteiger charge is -2.04. The SMILES string of the molecule is O=C(CCc1ccc(F)c(Cl)c1)NCc1cn(-c2ccsc2)nn1. The van der Waals surface area contributed by atoms with E-state index in [1.807, 2.05) is 16.8 Å².